The van der Waals surface area contributed by atoms with Crippen LogP contribution in [-0.2, 0) is 4.79 Å². The molecule has 1 atom stereocenters. The Morgan fingerprint density at radius 3 is 3.00 bits per heavy atom. The number of piperidine rings is 1. The highest BCUT2D eigenvalue weighted by atomic mass is 16.2. The summed E-state index contributed by atoms with van der Waals surface area (Å²) in [6, 6.07) is 0.529. The Bertz CT molecular complexity index is 267. The Morgan fingerprint density at radius 2 is 2.33 bits per heavy atom. The summed E-state index contributed by atoms with van der Waals surface area (Å²) in [5, 5.41) is 3.54. The van der Waals surface area contributed by atoms with Gasteiger partial charge in [-0.2, -0.15) is 0 Å². The zero-order valence-electron chi connectivity index (χ0n) is 9.46. The molecule has 3 heteroatoms. The van der Waals surface area contributed by atoms with Gasteiger partial charge in [-0.3, -0.25) is 4.79 Å². The first kappa shape index (κ1) is 10.7. The molecule has 15 heavy (non-hydrogen) atoms. The number of amides is 1. The van der Waals surface area contributed by atoms with E-state index in [1.807, 2.05) is 4.90 Å². The number of rotatable bonds is 1. The monoisotopic (exact) mass is 208 g/mol. The van der Waals surface area contributed by atoms with Crippen LogP contribution in [0.5, 0.6) is 0 Å². The summed E-state index contributed by atoms with van der Waals surface area (Å²) in [6.45, 7) is 3.67. The molecule has 2 heterocycles. The van der Waals surface area contributed by atoms with E-state index in [2.05, 4.69) is 11.5 Å². The fourth-order valence-electron chi connectivity index (χ4n) is 2.46. The number of nitrogens with one attached hydrogen (secondary N) is 1. The molecule has 1 fully saturated rings. The maximum Gasteiger partial charge on any atom is 0.223 e. The normalized spacial score (nSPS) is 27.4. The fraction of sp³-hybridized carbons (Fsp3) is 0.750. The van der Waals surface area contributed by atoms with Crippen molar-refractivity contribution < 1.29 is 4.79 Å². The topological polar surface area (TPSA) is 32.3 Å². The van der Waals surface area contributed by atoms with Crippen molar-refractivity contribution in [3.8, 4) is 0 Å². The number of carbonyl (C=O) groups is 1. The van der Waals surface area contributed by atoms with E-state index < -0.39 is 0 Å². The quantitative estimate of drug-likeness (QED) is 0.710. The third-order valence-corrected chi connectivity index (χ3v) is 3.35. The highest BCUT2D eigenvalue weighted by molar-refractivity contribution is 5.74. The lowest BCUT2D eigenvalue weighted by atomic mass is 9.93. The maximum absolute atomic E-state index is 11.3. The van der Waals surface area contributed by atoms with Gasteiger partial charge in [0.15, 0.2) is 0 Å². The first-order valence-electron chi connectivity index (χ1n) is 5.98. The third-order valence-electron chi connectivity index (χ3n) is 3.35. The third kappa shape index (κ3) is 2.59. The molecule has 0 aromatic carbocycles. The summed E-state index contributed by atoms with van der Waals surface area (Å²) >= 11 is 0. The van der Waals surface area contributed by atoms with Gasteiger partial charge >= 0.3 is 0 Å². The first-order valence-corrected chi connectivity index (χ1v) is 5.98. The van der Waals surface area contributed by atoms with E-state index in [9.17, 15) is 4.79 Å². The van der Waals surface area contributed by atoms with Crippen LogP contribution in [0.1, 0.15) is 39.0 Å². The van der Waals surface area contributed by atoms with Crippen molar-refractivity contribution in [2.75, 3.05) is 13.1 Å². The van der Waals surface area contributed by atoms with Crippen LogP contribution in [0.15, 0.2) is 11.8 Å². The van der Waals surface area contributed by atoms with Crippen molar-refractivity contribution in [1.82, 2.24) is 10.2 Å². The second-order valence-electron chi connectivity index (χ2n) is 4.52. The largest absolute Gasteiger partial charge is 0.319 e. The number of hydrogen-bond donors (Lipinski definition) is 1. The molecule has 0 saturated carbocycles. The molecule has 0 unspecified atom stereocenters. The fourth-order valence-corrected chi connectivity index (χ4v) is 2.46. The van der Waals surface area contributed by atoms with Crippen molar-refractivity contribution in [3.05, 3.63) is 11.8 Å². The van der Waals surface area contributed by atoms with Crippen LogP contribution in [0.25, 0.3) is 0 Å². The summed E-state index contributed by atoms with van der Waals surface area (Å²) in [5.74, 6) is 0.169. The van der Waals surface area contributed by atoms with Gasteiger partial charge < -0.3 is 10.2 Å². The summed E-state index contributed by atoms with van der Waals surface area (Å²) in [7, 11) is 0. The predicted octanol–water partition coefficient (Wildman–Crippen LogP) is 1.65. The molecule has 1 N–H and O–H groups in total. The van der Waals surface area contributed by atoms with Gasteiger partial charge in [0.2, 0.25) is 5.91 Å². The molecule has 1 amide bonds. The predicted molar refractivity (Wildman–Crippen MR) is 60.3 cm³/mol. The van der Waals surface area contributed by atoms with Crippen LogP contribution in [0.3, 0.4) is 0 Å². The summed E-state index contributed by atoms with van der Waals surface area (Å²) in [6.07, 6.45) is 8.19. The molecular weight excluding hydrogens is 188 g/mol. The minimum absolute atomic E-state index is 0.169. The summed E-state index contributed by atoms with van der Waals surface area (Å²) in [5.41, 5.74) is 1.43. The Kier molecular flexibility index (Phi) is 3.41. The molecule has 0 aliphatic carbocycles. The van der Waals surface area contributed by atoms with Crippen molar-refractivity contribution >= 4 is 5.91 Å². The average Bonchev–Trinajstić information content (AvgIpc) is 2.30. The van der Waals surface area contributed by atoms with Gasteiger partial charge in [-0.25, -0.2) is 0 Å². The number of carbonyl (C=O) groups excluding carboxylic acids is 1. The molecule has 0 aromatic rings. The molecular formula is C12H20N2O. The van der Waals surface area contributed by atoms with E-state index in [-0.39, 0.29) is 5.91 Å². The minimum Gasteiger partial charge on any atom is -0.319 e. The molecule has 0 aromatic heterocycles. The lowest BCUT2D eigenvalue weighted by Crippen LogP contribution is -2.38. The zero-order valence-corrected chi connectivity index (χ0v) is 9.46. The average molecular weight is 208 g/mol. The van der Waals surface area contributed by atoms with E-state index in [0.717, 1.165) is 25.9 Å². The lowest BCUT2D eigenvalue weighted by molar-refractivity contribution is -0.126. The summed E-state index contributed by atoms with van der Waals surface area (Å²) < 4.78 is 0. The van der Waals surface area contributed by atoms with Crippen LogP contribution in [-0.4, -0.2) is 29.9 Å². The summed E-state index contributed by atoms with van der Waals surface area (Å²) in [4.78, 5) is 13.1. The van der Waals surface area contributed by atoms with Gasteiger partial charge in [-0.1, -0.05) is 6.42 Å². The van der Waals surface area contributed by atoms with Gasteiger partial charge in [-0.05, 0) is 37.8 Å². The molecule has 84 valence electrons. The van der Waals surface area contributed by atoms with Crippen molar-refractivity contribution in [1.29, 1.82) is 0 Å². The van der Waals surface area contributed by atoms with Crippen LogP contribution in [0.4, 0.5) is 0 Å². The Balaban J connectivity index is 2.03. The molecule has 0 spiro atoms. The molecule has 1 saturated heterocycles. The Hall–Kier alpha value is -0.830. The van der Waals surface area contributed by atoms with E-state index in [4.69, 9.17) is 0 Å². The molecule has 0 bridgehead atoms. The Morgan fingerprint density at radius 1 is 1.47 bits per heavy atom. The number of hydrogen-bond acceptors (Lipinski definition) is 2. The van der Waals surface area contributed by atoms with Crippen LogP contribution in [0, 0.1) is 0 Å². The maximum atomic E-state index is 11.3. The lowest BCUT2D eigenvalue weighted by Gasteiger charge is -2.31. The van der Waals surface area contributed by atoms with Gasteiger partial charge in [-0.15, -0.1) is 0 Å². The van der Waals surface area contributed by atoms with E-state index in [0.29, 0.717) is 6.04 Å². The first-order chi connectivity index (χ1) is 7.27. The molecule has 2 aliphatic rings. The van der Waals surface area contributed by atoms with Gasteiger partial charge in [0, 0.05) is 25.7 Å². The zero-order chi connectivity index (χ0) is 10.7. The SMILES string of the molecule is CC(=O)N1C=C([C@H]2CCCCN2)CCC1. The van der Waals surface area contributed by atoms with Crippen molar-refractivity contribution in [2.24, 2.45) is 0 Å². The van der Waals surface area contributed by atoms with E-state index >= 15 is 0 Å². The van der Waals surface area contributed by atoms with E-state index in [1.54, 1.807) is 6.92 Å². The molecule has 2 rings (SSSR count). The van der Waals surface area contributed by atoms with Crippen LogP contribution in [0.2, 0.25) is 0 Å². The minimum atomic E-state index is 0.169. The van der Waals surface area contributed by atoms with Crippen LogP contribution < -0.4 is 5.32 Å². The standard InChI is InChI=1S/C12H20N2O/c1-10(15)14-8-4-5-11(9-14)12-6-2-3-7-13-12/h9,12-13H,2-8H2,1H3/t12-/m1/s1. The smallest absolute Gasteiger partial charge is 0.223 e. The second-order valence-corrected chi connectivity index (χ2v) is 4.52. The molecule has 0 radical (unpaired) electrons. The molecule has 3 nitrogen and oxygen atoms in total. The van der Waals surface area contributed by atoms with Crippen LogP contribution >= 0.6 is 0 Å². The Labute approximate surface area is 91.5 Å². The van der Waals surface area contributed by atoms with Crippen molar-refractivity contribution in [3.63, 3.8) is 0 Å². The van der Waals surface area contributed by atoms with Gasteiger partial charge in [0.1, 0.15) is 0 Å². The van der Waals surface area contributed by atoms with Crippen molar-refractivity contribution in [2.45, 2.75) is 45.1 Å². The van der Waals surface area contributed by atoms with Gasteiger partial charge in [0.05, 0.1) is 0 Å². The highest BCUT2D eigenvalue weighted by Gasteiger charge is 2.21. The van der Waals surface area contributed by atoms with Gasteiger partial charge in [0.25, 0.3) is 0 Å². The van der Waals surface area contributed by atoms with E-state index in [1.165, 1.54) is 24.8 Å². The second kappa shape index (κ2) is 4.79. The number of nitrogens with zero attached hydrogens (tertiary/aromatic N) is 1. The molecule has 2 aliphatic heterocycles. The highest BCUT2D eigenvalue weighted by Crippen LogP contribution is 2.23.